The molecule has 8 nitrogen and oxygen atoms in total. The van der Waals surface area contributed by atoms with Gasteiger partial charge in [-0.05, 0) is 25.2 Å². The lowest BCUT2D eigenvalue weighted by Gasteiger charge is -2.33. The van der Waals surface area contributed by atoms with Crippen LogP contribution in [0.2, 0.25) is 0 Å². The number of nitrogens with one attached hydrogen (secondary N) is 1. The topological polar surface area (TPSA) is 113 Å². The predicted octanol–water partition coefficient (Wildman–Crippen LogP) is -0.336. The van der Waals surface area contributed by atoms with E-state index in [-0.39, 0.29) is 18.2 Å². The lowest BCUT2D eigenvalue weighted by molar-refractivity contribution is -0.130. The first-order valence-electron chi connectivity index (χ1n) is 7.85. The number of rotatable bonds is 6. The summed E-state index contributed by atoms with van der Waals surface area (Å²) in [6.45, 7) is 4.31. The van der Waals surface area contributed by atoms with Crippen LogP contribution in [0.5, 0.6) is 0 Å². The van der Waals surface area contributed by atoms with Gasteiger partial charge in [0.05, 0.1) is 12.1 Å². The average Bonchev–Trinajstić information content (AvgIpc) is 2.62. The summed E-state index contributed by atoms with van der Waals surface area (Å²) in [7, 11) is -1.28. The Morgan fingerprint density at radius 1 is 1.39 bits per heavy atom. The van der Waals surface area contributed by atoms with E-state index < -0.39 is 28.2 Å². The summed E-state index contributed by atoms with van der Waals surface area (Å²) in [6, 6.07) is -1.60. The van der Waals surface area contributed by atoms with Gasteiger partial charge in [0.1, 0.15) is 0 Å². The van der Waals surface area contributed by atoms with Crippen molar-refractivity contribution in [3.8, 4) is 0 Å². The van der Waals surface area contributed by atoms with Crippen LogP contribution in [0.1, 0.15) is 39.5 Å². The summed E-state index contributed by atoms with van der Waals surface area (Å²) < 4.78 is 27.1. The first-order valence-corrected chi connectivity index (χ1v) is 9.25. The van der Waals surface area contributed by atoms with Crippen LogP contribution in [0.15, 0.2) is 0 Å². The van der Waals surface area contributed by atoms with Gasteiger partial charge in [0.25, 0.3) is 5.91 Å². The van der Waals surface area contributed by atoms with Crippen LogP contribution in [0.25, 0.3) is 0 Å². The van der Waals surface area contributed by atoms with Gasteiger partial charge in [0.2, 0.25) is 5.91 Å². The summed E-state index contributed by atoms with van der Waals surface area (Å²) in [5.41, 5.74) is 5.92. The molecule has 0 spiro atoms. The molecule has 1 rings (SSSR count). The van der Waals surface area contributed by atoms with Gasteiger partial charge < -0.3 is 11.1 Å². The van der Waals surface area contributed by atoms with Gasteiger partial charge in [-0.15, -0.1) is 0 Å². The SMILES string of the molecule is CC(C)C[C@H](N)C(=O)N([C@H]1CCCNC(=O)C1)S(=O)(=O)N(C)C. The minimum absolute atomic E-state index is 0.0345. The van der Waals surface area contributed by atoms with E-state index in [1.165, 1.54) is 14.1 Å². The van der Waals surface area contributed by atoms with E-state index in [2.05, 4.69) is 5.32 Å². The second-order valence-corrected chi connectivity index (χ2v) is 8.53. The number of hydrogen-bond donors (Lipinski definition) is 2. The van der Waals surface area contributed by atoms with Crippen molar-refractivity contribution in [1.29, 1.82) is 0 Å². The highest BCUT2D eigenvalue weighted by atomic mass is 32.2. The van der Waals surface area contributed by atoms with Crippen LogP contribution in [0, 0.1) is 5.92 Å². The third-order valence-corrected chi connectivity index (χ3v) is 5.66. The lowest BCUT2D eigenvalue weighted by Crippen LogP contribution is -2.55. The van der Waals surface area contributed by atoms with Crippen molar-refractivity contribution in [2.75, 3.05) is 20.6 Å². The zero-order valence-electron chi connectivity index (χ0n) is 14.3. The Balaban J connectivity index is 3.16. The Hall–Kier alpha value is -1.19. The Bertz CT molecular complexity index is 533. The predicted molar refractivity (Wildman–Crippen MR) is 87.5 cm³/mol. The van der Waals surface area contributed by atoms with Crippen molar-refractivity contribution in [2.24, 2.45) is 11.7 Å². The molecule has 0 aromatic carbocycles. The van der Waals surface area contributed by atoms with E-state index in [4.69, 9.17) is 5.73 Å². The molecule has 1 aliphatic rings. The van der Waals surface area contributed by atoms with Crippen LogP contribution < -0.4 is 11.1 Å². The fourth-order valence-electron chi connectivity index (χ4n) is 2.58. The second kappa shape index (κ2) is 8.07. The fourth-order valence-corrected chi connectivity index (χ4v) is 3.86. The molecule has 23 heavy (non-hydrogen) atoms. The van der Waals surface area contributed by atoms with Gasteiger partial charge in [0, 0.05) is 27.1 Å². The molecule has 2 atom stereocenters. The second-order valence-electron chi connectivity index (χ2n) is 6.51. The van der Waals surface area contributed by atoms with Gasteiger partial charge in [-0.2, -0.15) is 12.7 Å². The number of nitrogens with zero attached hydrogens (tertiary/aromatic N) is 2. The number of hydrogen-bond acceptors (Lipinski definition) is 5. The molecule has 2 amide bonds. The molecular formula is C14H28N4O4S. The first-order chi connectivity index (χ1) is 10.6. The maximum absolute atomic E-state index is 12.7. The molecule has 1 heterocycles. The summed E-state index contributed by atoms with van der Waals surface area (Å²) in [5.74, 6) is -0.737. The summed E-state index contributed by atoms with van der Waals surface area (Å²) in [4.78, 5) is 24.5. The van der Waals surface area contributed by atoms with Crippen molar-refractivity contribution >= 4 is 22.0 Å². The normalized spacial score (nSPS) is 21.0. The minimum atomic E-state index is -4.00. The van der Waals surface area contributed by atoms with Crippen molar-refractivity contribution in [3.63, 3.8) is 0 Å². The zero-order chi connectivity index (χ0) is 17.8. The minimum Gasteiger partial charge on any atom is -0.356 e. The molecule has 0 unspecified atom stereocenters. The highest BCUT2D eigenvalue weighted by molar-refractivity contribution is 7.87. The van der Waals surface area contributed by atoms with E-state index in [1.807, 2.05) is 13.8 Å². The number of carbonyl (C=O) groups excluding carboxylic acids is 2. The van der Waals surface area contributed by atoms with Crippen LogP contribution in [-0.4, -0.2) is 61.6 Å². The maximum Gasteiger partial charge on any atom is 0.306 e. The van der Waals surface area contributed by atoms with E-state index in [0.29, 0.717) is 25.8 Å². The Morgan fingerprint density at radius 2 is 2.00 bits per heavy atom. The Labute approximate surface area is 138 Å². The highest BCUT2D eigenvalue weighted by Gasteiger charge is 2.39. The first kappa shape index (κ1) is 19.9. The lowest BCUT2D eigenvalue weighted by atomic mass is 10.0. The summed E-state index contributed by atoms with van der Waals surface area (Å²) in [5, 5.41) is 2.69. The zero-order valence-corrected chi connectivity index (χ0v) is 15.1. The number of nitrogens with two attached hydrogens (primary N) is 1. The third-order valence-electron chi connectivity index (χ3n) is 3.76. The third kappa shape index (κ3) is 5.15. The van der Waals surface area contributed by atoms with Crippen LogP contribution in [-0.2, 0) is 19.8 Å². The van der Waals surface area contributed by atoms with Crippen molar-refractivity contribution < 1.29 is 18.0 Å². The monoisotopic (exact) mass is 348 g/mol. The fraction of sp³-hybridized carbons (Fsp3) is 0.857. The van der Waals surface area contributed by atoms with Gasteiger partial charge in [0.15, 0.2) is 0 Å². The Kier molecular flexibility index (Phi) is 6.97. The molecule has 1 fully saturated rings. The summed E-state index contributed by atoms with van der Waals surface area (Å²) >= 11 is 0. The van der Waals surface area contributed by atoms with Crippen LogP contribution in [0.3, 0.4) is 0 Å². The smallest absolute Gasteiger partial charge is 0.306 e. The molecule has 0 aromatic rings. The van der Waals surface area contributed by atoms with Crippen molar-refractivity contribution in [2.45, 2.75) is 51.6 Å². The molecule has 134 valence electrons. The van der Waals surface area contributed by atoms with Crippen molar-refractivity contribution in [1.82, 2.24) is 13.9 Å². The van der Waals surface area contributed by atoms with Gasteiger partial charge in [-0.25, -0.2) is 4.31 Å². The number of carbonyl (C=O) groups is 2. The van der Waals surface area contributed by atoms with Gasteiger partial charge in [-0.1, -0.05) is 13.8 Å². The van der Waals surface area contributed by atoms with E-state index in [9.17, 15) is 18.0 Å². The molecule has 3 N–H and O–H groups in total. The standard InChI is InChI=1S/C14H28N4O4S/c1-10(2)8-12(15)14(20)18(23(21,22)17(3)4)11-6-5-7-16-13(19)9-11/h10-12H,5-9,15H2,1-4H3,(H,16,19)/t11-,12-/m0/s1. The van der Waals surface area contributed by atoms with E-state index in [0.717, 1.165) is 8.61 Å². The van der Waals surface area contributed by atoms with Crippen LogP contribution >= 0.6 is 0 Å². The molecule has 1 aliphatic heterocycles. The van der Waals surface area contributed by atoms with E-state index >= 15 is 0 Å². The molecule has 0 aromatic heterocycles. The summed E-state index contributed by atoms with van der Waals surface area (Å²) in [6.07, 6.45) is 1.40. The molecular weight excluding hydrogens is 320 g/mol. The van der Waals surface area contributed by atoms with Crippen molar-refractivity contribution in [3.05, 3.63) is 0 Å². The van der Waals surface area contributed by atoms with Crippen LogP contribution in [0.4, 0.5) is 0 Å². The Morgan fingerprint density at radius 3 is 2.52 bits per heavy atom. The quantitative estimate of drug-likeness (QED) is 0.682. The molecule has 0 saturated carbocycles. The average molecular weight is 348 g/mol. The highest BCUT2D eigenvalue weighted by Crippen LogP contribution is 2.21. The molecule has 0 radical (unpaired) electrons. The molecule has 9 heteroatoms. The largest absolute Gasteiger partial charge is 0.356 e. The molecule has 0 aliphatic carbocycles. The van der Waals surface area contributed by atoms with Gasteiger partial charge in [-0.3, -0.25) is 9.59 Å². The molecule has 1 saturated heterocycles. The van der Waals surface area contributed by atoms with Gasteiger partial charge >= 0.3 is 10.2 Å². The van der Waals surface area contributed by atoms with E-state index in [1.54, 1.807) is 0 Å². The number of amides is 2. The maximum atomic E-state index is 12.7. The molecule has 0 bridgehead atoms.